The number of rotatable bonds is 10. The molecule has 0 aliphatic heterocycles. The molecule has 25 heavy (non-hydrogen) atoms. The molecule has 0 atom stereocenters. The second-order valence-corrected chi connectivity index (χ2v) is 7.19. The van der Waals surface area contributed by atoms with Crippen molar-refractivity contribution in [1.29, 1.82) is 0 Å². The number of anilines is 1. The number of hydrogen-bond acceptors (Lipinski definition) is 4. The third kappa shape index (κ3) is 7.65. The monoisotopic (exact) mass is 357 g/mol. The van der Waals surface area contributed by atoms with E-state index >= 15 is 0 Å². The minimum Gasteiger partial charge on any atom is -0.427 e. The van der Waals surface area contributed by atoms with Gasteiger partial charge >= 0.3 is 5.97 Å². The van der Waals surface area contributed by atoms with E-state index in [1.807, 2.05) is 18.2 Å². The third-order valence-corrected chi connectivity index (χ3v) is 4.73. The second-order valence-electron chi connectivity index (χ2n) is 6.04. The van der Waals surface area contributed by atoms with Crippen molar-refractivity contribution in [3.05, 3.63) is 48.5 Å². The van der Waals surface area contributed by atoms with Crippen molar-refractivity contribution < 1.29 is 9.53 Å². The molecule has 0 aliphatic carbocycles. The molecule has 0 aliphatic rings. The first-order valence-corrected chi connectivity index (χ1v) is 9.79. The molecule has 0 spiro atoms. The average molecular weight is 358 g/mol. The summed E-state index contributed by atoms with van der Waals surface area (Å²) in [5.41, 5.74) is 1.15. The van der Waals surface area contributed by atoms with Gasteiger partial charge in [-0.2, -0.15) is 0 Å². The van der Waals surface area contributed by atoms with Gasteiger partial charge < -0.3 is 10.1 Å². The minimum absolute atomic E-state index is 0.299. The first-order valence-electron chi connectivity index (χ1n) is 8.97. The molecule has 2 aromatic carbocycles. The van der Waals surface area contributed by atoms with Crippen LogP contribution >= 0.6 is 11.8 Å². The molecule has 0 bridgehead atoms. The topological polar surface area (TPSA) is 38.3 Å². The quantitative estimate of drug-likeness (QED) is 0.315. The first-order chi connectivity index (χ1) is 12.2. The Morgan fingerprint density at radius 1 is 1.00 bits per heavy atom. The number of ether oxygens (including phenoxy) is 1. The van der Waals surface area contributed by atoms with Crippen LogP contribution in [0.1, 0.15) is 46.0 Å². The molecule has 0 saturated carbocycles. The van der Waals surface area contributed by atoms with Gasteiger partial charge in [0.05, 0.1) is 0 Å². The smallest absolute Gasteiger partial charge is 0.308 e. The summed E-state index contributed by atoms with van der Waals surface area (Å²) < 4.78 is 5.15. The van der Waals surface area contributed by atoms with Crippen LogP contribution in [0.2, 0.25) is 0 Å². The van der Waals surface area contributed by atoms with Crippen LogP contribution in [0.15, 0.2) is 58.3 Å². The van der Waals surface area contributed by atoms with Crippen molar-refractivity contribution in [3.8, 4) is 5.75 Å². The fourth-order valence-electron chi connectivity index (χ4n) is 2.53. The van der Waals surface area contributed by atoms with Crippen molar-refractivity contribution in [2.24, 2.45) is 0 Å². The first kappa shape index (κ1) is 19.4. The van der Waals surface area contributed by atoms with E-state index in [2.05, 4.69) is 36.5 Å². The Balaban J connectivity index is 1.87. The lowest BCUT2D eigenvalue weighted by atomic mass is 10.1. The highest BCUT2D eigenvalue weighted by Gasteiger charge is 2.03. The SMILES string of the molecule is CCCCCCCNc1cccc(Sc2cccc(OC(C)=O)c2)c1. The number of esters is 1. The molecule has 4 heteroatoms. The molecule has 1 N–H and O–H groups in total. The Morgan fingerprint density at radius 2 is 1.72 bits per heavy atom. The van der Waals surface area contributed by atoms with E-state index in [-0.39, 0.29) is 5.97 Å². The van der Waals surface area contributed by atoms with Crippen LogP contribution in [0.3, 0.4) is 0 Å². The maximum Gasteiger partial charge on any atom is 0.308 e. The Bertz CT molecular complexity index is 672. The normalized spacial score (nSPS) is 10.5. The number of benzene rings is 2. The van der Waals surface area contributed by atoms with Gasteiger partial charge in [0, 0.05) is 28.9 Å². The maximum absolute atomic E-state index is 11.1. The summed E-state index contributed by atoms with van der Waals surface area (Å²) in [6, 6.07) is 16.0. The van der Waals surface area contributed by atoms with Crippen LogP contribution in [0.5, 0.6) is 5.75 Å². The largest absolute Gasteiger partial charge is 0.427 e. The Kier molecular flexibility index (Phi) is 8.40. The molecular weight excluding hydrogens is 330 g/mol. The predicted molar refractivity (Wildman–Crippen MR) is 106 cm³/mol. The average Bonchev–Trinajstić information content (AvgIpc) is 2.58. The Labute approximate surface area is 155 Å². The van der Waals surface area contributed by atoms with Crippen LogP contribution in [-0.2, 0) is 4.79 Å². The number of carbonyl (C=O) groups is 1. The van der Waals surface area contributed by atoms with E-state index in [4.69, 9.17) is 4.74 Å². The summed E-state index contributed by atoms with van der Waals surface area (Å²) in [5.74, 6) is 0.283. The number of nitrogens with one attached hydrogen (secondary N) is 1. The third-order valence-electron chi connectivity index (χ3n) is 3.75. The molecule has 134 valence electrons. The van der Waals surface area contributed by atoms with E-state index in [1.165, 1.54) is 39.0 Å². The van der Waals surface area contributed by atoms with Crippen LogP contribution < -0.4 is 10.1 Å². The molecule has 0 aromatic heterocycles. The second kappa shape index (κ2) is 10.8. The van der Waals surface area contributed by atoms with Gasteiger partial charge in [0.15, 0.2) is 0 Å². The van der Waals surface area contributed by atoms with Crippen LogP contribution in [0.25, 0.3) is 0 Å². The highest BCUT2D eigenvalue weighted by Crippen LogP contribution is 2.31. The summed E-state index contributed by atoms with van der Waals surface area (Å²) in [6.07, 6.45) is 6.44. The Hall–Kier alpha value is -1.94. The van der Waals surface area contributed by atoms with Gasteiger partial charge in [0.2, 0.25) is 0 Å². The predicted octanol–water partition coefficient (Wildman–Crippen LogP) is 6.15. The zero-order chi connectivity index (χ0) is 17.9. The van der Waals surface area contributed by atoms with Gasteiger partial charge in [-0.1, -0.05) is 56.5 Å². The molecule has 2 aromatic rings. The van der Waals surface area contributed by atoms with E-state index < -0.39 is 0 Å². The molecule has 0 radical (unpaired) electrons. The molecular formula is C21H27NO2S. The van der Waals surface area contributed by atoms with Crippen molar-refractivity contribution in [1.82, 2.24) is 0 Å². The minimum atomic E-state index is -0.299. The van der Waals surface area contributed by atoms with E-state index in [9.17, 15) is 4.79 Å². The summed E-state index contributed by atoms with van der Waals surface area (Å²) in [4.78, 5) is 13.3. The lowest BCUT2D eigenvalue weighted by molar-refractivity contribution is -0.131. The van der Waals surface area contributed by atoms with Crippen LogP contribution in [-0.4, -0.2) is 12.5 Å². The van der Waals surface area contributed by atoms with Crippen molar-refractivity contribution in [2.75, 3.05) is 11.9 Å². The Morgan fingerprint density at radius 3 is 2.48 bits per heavy atom. The van der Waals surface area contributed by atoms with E-state index in [1.54, 1.807) is 17.8 Å². The molecule has 2 rings (SSSR count). The number of carbonyl (C=O) groups excluding carboxylic acids is 1. The standard InChI is InChI=1S/C21H27NO2S/c1-3-4-5-6-7-14-22-18-10-8-12-20(15-18)25-21-13-9-11-19(16-21)24-17(2)23/h8-13,15-16,22H,3-7,14H2,1-2H3. The number of unbranched alkanes of at least 4 members (excludes halogenated alkanes) is 4. The van der Waals surface area contributed by atoms with Gasteiger partial charge in [-0.15, -0.1) is 0 Å². The maximum atomic E-state index is 11.1. The van der Waals surface area contributed by atoms with Crippen molar-refractivity contribution >= 4 is 23.4 Å². The zero-order valence-electron chi connectivity index (χ0n) is 15.1. The fourth-order valence-corrected chi connectivity index (χ4v) is 3.46. The molecule has 0 fully saturated rings. The summed E-state index contributed by atoms with van der Waals surface area (Å²) in [6.45, 7) is 4.67. The zero-order valence-corrected chi connectivity index (χ0v) is 15.9. The highest BCUT2D eigenvalue weighted by atomic mass is 32.2. The molecule has 0 saturated heterocycles. The lowest BCUT2D eigenvalue weighted by Crippen LogP contribution is -2.01. The van der Waals surface area contributed by atoms with Crippen LogP contribution in [0.4, 0.5) is 5.69 Å². The highest BCUT2D eigenvalue weighted by molar-refractivity contribution is 7.99. The fraction of sp³-hybridized carbons (Fsp3) is 0.381. The van der Waals surface area contributed by atoms with Crippen LogP contribution in [0, 0.1) is 0 Å². The molecule has 0 unspecified atom stereocenters. The van der Waals surface area contributed by atoms with Gasteiger partial charge in [-0.25, -0.2) is 0 Å². The lowest BCUT2D eigenvalue weighted by Gasteiger charge is -2.09. The van der Waals surface area contributed by atoms with Crippen molar-refractivity contribution in [3.63, 3.8) is 0 Å². The molecule has 0 amide bonds. The molecule has 3 nitrogen and oxygen atoms in total. The van der Waals surface area contributed by atoms with Crippen molar-refractivity contribution in [2.45, 2.75) is 55.7 Å². The summed E-state index contributed by atoms with van der Waals surface area (Å²) >= 11 is 1.66. The van der Waals surface area contributed by atoms with Gasteiger partial charge in [-0.05, 0) is 42.8 Å². The summed E-state index contributed by atoms with van der Waals surface area (Å²) in [7, 11) is 0. The summed E-state index contributed by atoms with van der Waals surface area (Å²) in [5, 5.41) is 3.50. The van der Waals surface area contributed by atoms with Gasteiger partial charge in [0.1, 0.15) is 5.75 Å². The van der Waals surface area contributed by atoms with E-state index in [0.717, 1.165) is 22.0 Å². The van der Waals surface area contributed by atoms with Gasteiger partial charge in [-0.3, -0.25) is 4.79 Å². The van der Waals surface area contributed by atoms with E-state index in [0.29, 0.717) is 5.75 Å². The van der Waals surface area contributed by atoms with Gasteiger partial charge in [0.25, 0.3) is 0 Å². The number of hydrogen-bond donors (Lipinski definition) is 1. The molecule has 0 heterocycles.